The molecular weight excluding hydrogens is 232 g/mol. The van der Waals surface area contributed by atoms with Gasteiger partial charge in [0.15, 0.2) is 0 Å². The third-order valence-corrected chi connectivity index (χ3v) is 3.41. The minimum absolute atomic E-state index is 0.116. The Bertz CT molecular complexity index is 445. The lowest BCUT2D eigenvalue weighted by Crippen LogP contribution is -2.28. The van der Waals surface area contributed by atoms with E-state index in [0.29, 0.717) is 24.0 Å². The lowest BCUT2D eigenvalue weighted by atomic mass is 10.2. The van der Waals surface area contributed by atoms with E-state index in [1.165, 1.54) is 0 Å². The highest BCUT2D eigenvalue weighted by Crippen LogP contribution is 2.37. The van der Waals surface area contributed by atoms with Gasteiger partial charge in [-0.2, -0.15) is 0 Å². The van der Waals surface area contributed by atoms with Crippen LogP contribution in [0.1, 0.15) is 42.2 Å². The molecule has 0 aromatic carbocycles. The highest BCUT2D eigenvalue weighted by Gasteiger charge is 2.29. The van der Waals surface area contributed by atoms with Gasteiger partial charge in [-0.15, -0.1) is 0 Å². The number of carbonyl (C=O) groups is 1. The number of nitrogen functional groups attached to an aromatic ring is 1. The summed E-state index contributed by atoms with van der Waals surface area (Å²) in [6.07, 6.45) is 5.76. The molecule has 5 heteroatoms. The zero-order valence-corrected chi connectivity index (χ0v) is 10.3. The third-order valence-electron chi connectivity index (χ3n) is 3.41. The van der Waals surface area contributed by atoms with Gasteiger partial charge in [-0.25, -0.2) is 4.79 Å². The number of nitrogens with zero attached hydrogens (tertiary/aromatic N) is 1. The number of carbonyl (C=O) groups excluding carboxylic acids is 1. The van der Waals surface area contributed by atoms with E-state index in [0.717, 1.165) is 32.3 Å². The average Bonchev–Trinajstić information content (AvgIpc) is 3.13. The molecule has 1 aliphatic heterocycles. The topological polar surface area (TPSA) is 66.5 Å². The monoisotopic (exact) mass is 250 g/mol. The van der Waals surface area contributed by atoms with Gasteiger partial charge in [0.2, 0.25) is 0 Å². The summed E-state index contributed by atoms with van der Waals surface area (Å²) < 4.78 is 12.7. The van der Waals surface area contributed by atoms with Crippen molar-refractivity contribution >= 4 is 11.7 Å². The molecule has 0 spiro atoms. The van der Waals surface area contributed by atoms with Crippen LogP contribution in [0.15, 0.2) is 12.3 Å². The van der Waals surface area contributed by atoms with E-state index in [9.17, 15) is 4.79 Å². The molecule has 1 saturated heterocycles. The maximum atomic E-state index is 12.1. The first-order valence-corrected chi connectivity index (χ1v) is 6.50. The summed E-state index contributed by atoms with van der Waals surface area (Å²) in [5.41, 5.74) is 6.95. The number of rotatable bonds is 3. The van der Waals surface area contributed by atoms with Crippen molar-refractivity contribution in [2.24, 2.45) is 0 Å². The summed E-state index contributed by atoms with van der Waals surface area (Å²) >= 11 is 0. The lowest BCUT2D eigenvalue weighted by molar-refractivity contribution is -0.0312. The predicted octanol–water partition coefficient (Wildman–Crippen LogP) is 1.74. The van der Waals surface area contributed by atoms with Crippen molar-refractivity contribution < 1.29 is 14.3 Å². The van der Waals surface area contributed by atoms with Gasteiger partial charge in [0.05, 0.1) is 12.3 Å². The van der Waals surface area contributed by atoms with Gasteiger partial charge in [0.1, 0.15) is 11.8 Å². The van der Waals surface area contributed by atoms with Crippen molar-refractivity contribution in [3.05, 3.63) is 18.0 Å². The Morgan fingerprint density at radius 1 is 1.44 bits per heavy atom. The molecule has 1 unspecified atom stereocenters. The predicted molar refractivity (Wildman–Crippen MR) is 66.4 cm³/mol. The molecular formula is C13H18N2O3. The highest BCUT2D eigenvalue weighted by molar-refractivity contribution is 5.89. The number of anilines is 1. The van der Waals surface area contributed by atoms with Gasteiger partial charge in [-0.05, 0) is 31.7 Å². The number of esters is 1. The fourth-order valence-corrected chi connectivity index (χ4v) is 2.33. The SMILES string of the molecule is Nc1cc(C(=O)OC2CCCOC2)n(C2CC2)c1. The summed E-state index contributed by atoms with van der Waals surface area (Å²) in [6, 6.07) is 2.12. The summed E-state index contributed by atoms with van der Waals surface area (Å²) in [5.74, 6) is -0.283. The second-order valence-corrected chi connectivity index (χ2v) is 5.04. The van der Waals surface area contributed by atoms with E-state index in [1.54, 1.807) is 6.07 Å². The zero-order chi connectivity index (χ0) is 12.5. The molecule has 2 heterocycles. The molecule has 1 aromatic rings. The normalized spacial score (nSPS) is 23.9. The molecule has 0 amide bonds. The smallest absolute Gasteiger partial charge is 0.355 e. The van der Waals surface area contributed by atoms with Crippen LogP contribution in [0.3, 0.4) is 0 Å². The van der Waals surface area contributed by atoms with Crippen molar-refractivity contribution in [1.82, 2.24) is 4.57 Å². The first kappa shape index (κ1) is 11.6. The first-order chi connectivity index (χ1) is 8.74. The van der Waals surface area contributed by atoms with Crippen LogP contribution in [0.25, 0.3) is 0 Å². The quantitative estimate of drug-likeness (QED) is 0.830. The number of ether oxygens (including phenoxy) is 2. The number of hydrogen-bond donors (Lipinski definition) is 1. The van der Waals surface area contributed by atoms with Crippen LogP contribution in [-0.2, 0) is 9.47 Å². The van der Waals surface area contributed by atoms with Crippen LogP contribution in [0.2, 0.25) is 0 Å². The second kappa shape index (κ2) is 4.65. The Morgan fingerprint density at radius 2 is 2.28 bits per heavy atom. The Hall–Kier alpha value is -1.49. The van der Waals surface area contributed by atoms with Crippen molar-refractivity contribution in [2.45, 2.75) is 37.8 Å². The second-order valence-electron chi connectivity index (χ2n) is 5.04. The van der Waals surface area contributed by atoms with Gasteiger partial charge in [0, 0.05) is 18.8 Å². The molecule has 0 radical (unpaired) electrons. The Labute approximate surface area is 106 Å². The van der Waals surface area contributed by atoms with Gasteiger partial charge < -0.3 is 19.8 Å². The molecule has 5 nitrogen and oxygen atoms in total. The third kappa shape index (κ3) is 2.36. The van der Waals surface area contributed by atoms with E-state index in [1.807, 2.05) is 10.8 Å². The molecule has 0 bridgehead atoms. The van der Waals surface area contributed by atoms with Gasteiger partial charge in [-0.3, -0.25) is 0 Å². The molecule has 2 N–H and O–H groups in total. The minimum Gasteiger partial charge on any atom is -0.455 e. The molecule has 2 fully saturated rings. The highest BCUT2D eigenvalue weighted by atomic mass is 16.6. The molecule has 1 aliphatic carbocycles. The van der Waals surface area contributed by atoms with Crippen LogP contribution >= 0.6 is 0 Å². The number of aromatic nitrogens is 1. The van der Waals surface area contributed by atoms with E-state index >= 15 is 0 Å². The van der Waals surface area contributed by atoms with Gasteiger partial charge >= 0.3 is 5.97 Å². The van der Waals surface area contributed by atoms with Crippen LogP contribution < -0.4 is 5.73 Å². The molecule has 98 valence electrons. The summed E-state index contributed by atoms with van der Waals surface area (Å²) in [6.45, 7) is 1.27. The van der Waals surface area contributed by atoms with Crippen molar-refractivity contribution in [3.8, 4) is 0 Å². The standard InChI is InChI=1S/C13H18N2O3/c14-9-6-12(15(7-9)10-3-4-10)13(16)18-11-2-1-5-17-8-11/h6-7,10-11H,1-5,8,14H2. The first-order valence-electron chi connectivity index (χ1n) is 6.50. The van der Waals surface area contributed by atoms with Gasteiger partial charge in [0.25, 0.3) is 0 Å². The number of nitrogens with two attached hydrogens (primary N) is 1. The fraction of sp³-hybridized carbons (Fsp3) is 0.615. The molecule has 2 aliphatic rings. The average molecular weight is 250 g/mol. The maximum absolute atomic E-state index is 12.1. The van der Waals surface area contributed by atoms with Crippen molar-refractivity contribution in [1.29, 1.82) is 0 Å². The Kier molecular flexibility index (Phi) is 2.99. The van der Waals surface area contributed by atoms with Crippen LogP contribution in [0.4, 0.5) is 5.69 Å². The maximum Gasteiger partial charge on any atom is 0.355 e. The molecule has 18 heavy (non-hydrogen) atoms. The summed E-state index contributed by atoms with van der Waals surface area (Å²) in [7, 11) is 0. The molecule has 1 atom stereocenters. The summed E-state index contributed by atoms with van der Waals surface area (Å²) in [5, 5.41) is 0. The van der Waals surface area contributed by atoms with Gasteiger partial charge in [-0.1, -0.05) is 0 Å². The van der Waals surface area contributed by atoms with Crippen LogP contribution in [0.5, 0.6) is 0 Å². The number of hydrogen-bond acceptors (Lipinski definition) is 4. The molecule has 1 aromatic heterocycles. The zero-order valence-electron chi connectivity index (χ0n) is 10.3. The van der Waals surface area contributed by atoms with E-state index in [2.05, 4.69) is 0 Å². The van der Waals surface area contributed by atoms with Crippen LogP contribution in [-0.4, -0.2) is 29.9 Å². The Balaban J connectivity index is 1.71. The van der Waals surface area contributed by atoms with E-state index < -0.39 is 0 Å². The lowest BCUT2D eigenvalue weighted by Gasteiger charge is -2.22. The van der Waals surface area contributed by atoms with E-state index in [-0.39, 0.29) is 12.1 Å². The Morgan fingerprint density at radius 3 is 2.94 bits per heavy atom. The van der Waals surface area contributed by atoms with E-state index in [4.69, 9.17) is 15.2 Å². The van der Waals surface area contributed by atoms with Crippen LogP contribution in [0, 0.1) is 0 Å². The largest absolute Gasteiger partial charge is 0.455 e. The minimum atomic E-state index is -0.283. The molecule has 1 saturated carbocycles. The summed E-state index contributed by atoms with van der Waals surface area (Å²) in [4.78, 5) is 12.1. The van der Waals surface area contributed by atoms with Crippen molar-refractivity contribution in [2.75, 3.05) is 18.9 Å². The fourth-order valence-electron chi connectivity index (χ4n) is 2.33. The van der Waals surface area contributed by atoms with Crippen molar-refractivity contribution in [3.63, 3.8) is 0 Å². The molecule has 3 rings (SSSR count).